The Morgan fingerprint density at radius 1 is 1.21 bits per heavy atom. The van der Waals surface area contributed by atoms with Crippen LogP contribution in [0.2, 0.25) is 0 Å². The molecule has 0 bridgehead atoms. The van der Waals surface area contributed by atoms with Crippen LogP contribution < -0.4 is 5.32 Å². The van der Waals surface area contributed by atoms with E-state index >= 15 is 0 Å². The van der Waals surface area contributed by atoms with Gasteiger partial charge in [0.2, 0.25) is 5.78 Å². The quantitative estimate of drug-likeness (QED) is 0.630. The number of ketones is 1. The molecule has 0 spiro atoms. The van der Waals surface area contributed by atoms with Crippen LogP contribution in [0.5, 0.6) is 0 Å². The molecule has 0 radical (unpaired) electrons. The molecule has 2 aromatic rings. The third-order valence-corrected chi connectivity index (χ3v) is 3.81. The van der Waals surface area contributed by atoms with E-state index in [0.29, 0.717) is 30.8 Å². The number of carbonyl (C=O) groups is 2. The summed E-state index contributed by atoms with van der Waals surface area (Å²) in [6.45, 7) is 7.25. The van der Waals surface area contributed by atoms with Crippen LogP contribution >= 0.6 is 0 Å². The number of carboxylic acid groups (broad SMARTS) is 1. The van der Waals surface area contributed by atoms with Crippen molar-refractivity contribution < 1.29 is 14.7 Å². The van der Waals surface area contributed by atoms with E-state index in [1.807, 2.05) is 24.3 Å². The highest BCUT2D eigenvalue weighted by molar-refractivity contribution is 6.07. The molecule has 0 unspecified atom stereocenters. The number of imidazole rings is 1. The molecule has 2 rings (SSSR count). The van der Waals surface area contributed by atoms with E-state index in [1.54, 1.807) is 17.1 Å². The monoisotopic (exact) mass is 329 g/mol. The summed E-state index contributed by atoms with van der Waals surface area (Å²) in [6, 6.07) is 7.63. The summed E-state index contributed by atoms with van der Waals surface area (Å²) in [4.78, 5) is 27.1. The van der Waals surface area contributed by atoms with Crippen LogP contribution in [0, 0.1) is 0 Å². The first-order chi connectivity index (χ1) is 11.3. The summed E-state index contributed by atoms with van der Waals surface area (Å²) in [7, 11) is 0. The summed E-state index contributed by atoms with van der Waals surface area (Å²) in [6.07, 6.45) is 2.68. The molecule has 128 valence electrons. The van der Waals surface area contributed by atoms with Crippen LogP contribution in [-0.2, 0) is 12.0 Å². The van der Waals surface area contributed by atoms with Gasteiger partial charge in [0, 0.05) is 18.7 Å². The Balaban J connectivity index is 2.07. The average molecular weight is 329 g/mol. The molecule has 1 aromatic heterocycles. The molecule has 0 aliphatic heterocycles. The normalized spacial score (nSPS) is 11.3. The number of amides is 1. The second-order valence-corrected chi connectivity index (χ2v) is 6.71. The lowest BCUT2D eigenvalue weighted by Crippen LogP contribution is -2.23. The van der Waals surface area contributed by atoms with Crippen molar-refractivity contribution in [3.05, 3.63) is 53.6 Å². The molecular weight excluding hydrogens is 306 g/mol. The Morgan fingerprint density at radius 2 is 1.88 bits per heavy atom. The van der Waals surface area contributed by atoms with Gasteiger partial charge in [-0.25, -0.2) is 9.78 Å². The Bertz CT molecular complexity index is 712. The van der Waals surface area contributed by atoms with Gasteiger partial charge in [-0.2, -0.15) is 0 Å². The molecule has 0 fully saturated rings. The van der Waals surface area contributed by atoms with E-state index in [1.165, 1.54) is 5.56 Å². The van der Waals surface area contributed by atoms with Crippen molar-refractivity contribution >= 4 is 11.9 Å². The van der Waals surface area contributed by atoms with E-state index in [4.69, 9.17) is 5.11 Å². The van der Waals surface area contributed by atoms with E-state index < -0.39 is 6.09 Å². The van der Waals surface area contributed by atoms with Gasteiger partial charge in [0.05, 0.1) is 12.5 Å². The zero-order valence-electron chi connectivity index (χ0n) is 14.2. The van der Waals surface area contributed by atoms with Gasteiger partial charge in [0.25, 0.3) is 0 Å². The third kappa shape index (κ3) is 4.44. The van der Waals surface area contributed by atoms with Gasteiger partial charge in [-0.05, 0) is 17.4 Å². The van der Waals surface area contributed by atoms with E-state index in [2.05, 4.69) is 31.1 Å². The van der Waals surface area contributed by atoms with Crippen LogP contribution in [0.1, 0.15) is 48.8 Å². The number of carbonyl (C=O) groups excluding carboxylic acids is 1. The minimum Gasteiger partial charge on any atom is -0.465 e. The van der Waals surface area contributed by atoms with Crippen molar-refractivity contribution in [1.82, 2.24) is 14.9 Å². The molecule has 0 atom stereocenters. The smallest absolute Gasteiger partial charge is 0.404 e. The Hall–Kier alpha value is -2.63. The molecule has 1 heterocycles. The number of rotatable bonds is 6. The summed E-state index contributed by atoms with van der Waals surface area (Å²) in [5, 5.41) is 10.9. The highest BCUT2D eigenvalue weighted by Crippen LogP contribution is 2.23. The maximum absolute atomic E-state index is 12.7. The molecule has 1 amide bonds. The highest BCUT2D eigenvalue weighted by Gasteiger charge is 2.17. The lowest BCUT2D eigenvalue weighted by molar-refractivity contribution is 0.103. The average Bonchev–Trinajstić information content (AvgIpc) is 2.98. The summed E-state index contributed by atoms with van der Waals surface area (Å²) in [5.74, 6) is -0.0841. The molecular formula is C18H23N3O3. The van der Waals surface area contributed by atoms with E-state index in [0.717, 1.165) is 0 Å². The molecule has 2 N–H and O–H groups in total. The number of aryl methyl sites for hydroxylation is 1. The lowest BCUT2D eigenvalue weighted by Gasteiger charge is -2.19. The largest absolute Gasteiger partial charge is 0.465 e. The van der Waals surface area contributed by atoms with Crippen LogP contribution in [0.25, 0.3) is 0 Å². The van der Waals surface area contributed by atoms with Crippen LogP contribution in [0.3, 0.4) is 0 Å². The van der Waals surface area contributed by atoms with Crippen molar-refractivity contribution in [1.29, 1.82) is 0 Å². The minimum absolute atomic E-state index is 0.0422. The summed E-state index contributed by atoms with van der Waals surface area (Å²) < 4.78 is 1.75. The fourth-order valence-corrected chi connectivity index (χ4v) is 2.40. The van der Waals surface area contributed by atoms with Gasteiger partial charge in [-0.1, -0.05) is 45.0 Å². The van der Waals surface area contributed by atoms with Crippen LogP contribution in [-0.4, -0.2) is 33.1 Å². The van der Waals surface area contributed by atoms with Gasteiger partial charge in [-0.15, -0.1) is 0 Å². The Kier molecular flexibility index (Phi) is 5.39. The predicted octanol–water partition coefficient (Wildman–Crippen LogP) is 3.07. The maximum Gasteiger partial charge on any atom is 0.404 e. The van der Waals surface area contributed by atoms with Crippen molar-refractivity contribution in [3.8, 4) is 0 Å². The molecule has 6 heteroatoms. The Labute approximate surface area is 141 Å². The van der Waals surface area contributed by atoms with Crippen molar-refractivity contribution in [2.45, 2.75) is 39.2 Å². The molecule has 0 saturated carbocycles. The van der Waals surface area contributed by atoms with Crippen LogP contribution in [0.15, 0.2) is 36.8 Å². The first-order valence-electron chi connectivity index (χ1n) is 7.91. The van der Waals surface area contributed by atoms with Gasteiger partial charge >= 0.3 is 6.09 Å². The molecule has 0 aliphatic carbocycles. The zero-order valence-corrected chi connectivity index (χ0v) is 14.2. The number of nitrogens with one attached hydrogen (secondary N) is 1. The number of hydrogen-bond donors (Lipinski definition) is 2. The minimum atomic E-state index is -1.05. The fourth-order valence-electron chi connectivity index (χ4n) is 2.40. The van der Waals surface area contributed by atoms with Crippen molar-refractivity contribution in [3.63, 3.8) is 0 Å². The van der Waals surface area contributed by atoms with Crippen LogP contribution in [0.4, 0.5) is 4.79 Å². The second-order valence-electron chi connectivity index (χ2n) is 6.71. The summed E-state index contributed by atoms with van der Waals surface area (Å²) >= 11 is 0. The number of benzene rings is 1. The summed E-state index contributed by atoms with van der Waals surface area (Å²) in [5.41, 5.74) is 2.34. The lowest BCUT2D eigenvalue weighted by atomic mass is 9.86. The van der Waals surface area contributed by atoms with Gasteiger partial charge in [0.15, 0.2) is 0 Å². The SMILES string of the molecule is CC(C)(C)c1ccc(C(=O)c2cncn2CCCNC(=O)O)cc1. The number of hydrogen-bond acceptors (Lipinski definition) is 3. The van der Waals surface area contributed by atoms with Gasteiger partial charge in [-0.3, -0.25) is 4.79 Å². The standard InChI is InChI=1S/C18H23N3O3/c1-18(2,3)14-7-5-13(6-8-14)16(22)15-11-19-12-21(15)10-4-9-20-17(23)24/h5-8,11-12,20H,4,9-10H2,1-3H3,(H,23,24). The topological polar surface area (TPSA) is 84.2 Å². The Morgan fingerprint density at radius 3 is 2.46 bits per heavy atom. The van der Waals surface area contributed by atoms with E-state index in [9.17, 15) is 9.59 Å². The molecule has 6 nitrogen and oxygen atoms in total. The molecule has 0 saturated heterocycles. The second kappa shape index (κ2) is 7.29. The first kappa shape index (κ1) is 17.7. The number of aromatic nitrogens is 2. The van der Waals surface area contributed by atoms with Crippen molar-refractivity contribution in [2.75, 3.05) is 6.54 Å². The van der Waals surface area contributed by atoms with Gasteiger partial charge < -0.3 is 15.0 Å². The maximum atomic E-state index is 12.7. The fraction of sp³-hybridized carbons (Fsp3) is 0.389. The predicted molar refractivity (Wildman–Crippen MR) is 91.4 cm³/mol. The third-order valence-electron chi connectivity index (χ3n) is 3.81. The zero-order chi connectivity index (χ0) is 17.7. The number of nitrogens with zero attached hydrogens (tertiary/aromatic N) is 2. The molecule has 24 heavy (non-hydrogen) atoms. The van der Waals surface area contributed by atoms with Crippen molar-refractivity contribution in [2.24, 2.45) is 0 Å². The van der Waals surface area contributed by atoms with Gasteiger partial charge in [0.1, 0.15) is 5.69 Å². The van der Waals surface area contributed by atoms with E-state index in [-0.39, 0.29) is 11.2 Å². The first-order valence-corrected chi connectivity index (χ1v) is 7.91. The molecule has 0 aliphatic rings. The molecule has 1 aromatic carbocycles. The highest BCUT2D eigenvalue weighted by atomic mass is 16.4.